The molecule has 0 unspecified atom stereocenters. The summed E-state index contributed by atoms with van der Waals surface area (Å²) in [6, 6.07) is 15.5. The maximum atomic E-state index is 13.2. The van der Waals surface area contributed by atoms with E-state index < -0.39 is 23.5 Å². The predicted octanol–water partition coefficient (Wildman–Crippen LogP) is 4.46. The Morgan fingerprint density at radius 3 is 2.14 bits per heavy atom. The van der Waals surface area contributed by atoms with Gasteiger partial charge in [-0.25, -0.2) is 9.59 Å². The molecule has 2 aromatic rings. The standard InChI is InChI=1S/C28H32N2O5/c31-25(32)24(15-18-11-12-18)30-26(33)28(13-5-6-14-28)17-29-27(34)35-16-23-21-9-3-1-7-19(21)20-8-2-4-10-22(20)23/h1-4,7-10,18,23-24H,5-6,11-17H2,(H,29,34)(H,30,33)(H,31,32)/t24-/m0/s1. The van der Waals surface area contributed by atoms with Gasteiger partial charge in [-0.15, -0.1) is 0 Å². The first-order valence-corrected chi connectivity index (χ1v) is 12.6. The molecule has 35 heavy (non-hydrogen) atoms. The van der Waals surface area contributed by atoms with Crippen LogP contribution < -0.4 is 10.6 Å². The Kier molecular flexibility index (Phi) is 6.50. The van der Waals surface area contributed by atoms with Gasteiger partial charge in [0.25, 0.3) is 0 Å². The number of rotatable bonds is 9. The molecule has 3 aliphatic carbocycles. The van der Waals surface area contributed by atoms with Crippen molar-refractivity contribution in [3.8, 4) is 11.1 Å². The lowest BCUT2D eigenvalue weighted by molar-refractivity contribution is -0.144. The topological polar surface area (TPSA) is 105 Å². The van der Waals surface area contributed by atoms with Crippen LogP contribution in [0.4, 0.5) is 4.79 Å². The normalized spacial score (nSPS) is 18.9. The van der Waals surface area contributed by atoms with Crippen LogP contribution in [0.2, 0.25) is 0 Å². The number of ether oxygens (including phenoxy) is 1. The maximum absolute atomic E-state index is 13.2. The molecule has 3 N–H and O–H groups in total. The summed E-state index contributed by atoms with van der Waals surface area (Å²) >= 11 is 0. The van der Waals surface area contributed by atoms with E-state index in [1.54, 1.807) is 0 Å². The molecule has 2 aromatic carbocycles. The van der Waals surface area contributed by atoms with E-state index in [4.69, 9.17) is 4.74 Å². The zero-order valence-corrected chi connectivity index (χ0v) is 19.8. The van der Waals surface area contributed by atoms with Gasteiger partial charge in [-0.1, -0.05) is 74.2 Å². The minimum absolute atomic E-state index is 0.0318. The van der Waals surface area contributed by atoms with Crippen molar-refractivity contribution in [2.75, 3.05) is 13.2 Å². The van der Waals surface area contributed by atoms with Crippen LogP contribution in [0.3, 0.4) is 0 Å². The monoisotopic (exact) mass is 476 g/mol. The number of amides is 2. The molecule has 0 saturated heterocycles. The summed E-state index contributed by atoms with van der Waals surface area (Å²) in [6.07, 6.45) is 4.95. The van der Waals surface area contributed by atoms with Gasteiger partial charge in [0, 0.05) is 12.5 Å². The largest absolute Gasteiger partial charge is 0.480 e. The van der Waals surface area contributed by atoms with Gasteiger partial charge >= 0.3 is 12.1 Å². The fourth-order valence-corrected chi connectivity index (χ4v) is 5.65. The molecule has 7 heteroatoms. The fraction of sp³-hybridized carbons (Fsp3) is 0.464. The second kappa shape index (κ2) is 9.72. The van der Waals surface area contributed by atoms with Gasteiger partial charge in [0.15, 0.2) is 0 Å². The summed E-state index contributed by atoms with van der Waals surface area (Å²) in [5.41, 5.74) is 3.82. The van der Waals surface area contributed by atoms with Crippen molar-refractivity contribution >= 4 is 18.0 Å². The minimum atomic E-state index is -0.997. The lowest BCUT2D eigenvalue weighted by Gasteiger charge is -2.29. The van der Waals surface area contributed by atoms with Gasteiger partial charge in [0.1, 0.15) is 12.6 Å². The van der Waals surface area contributed by atoms with Gasteiger partial charge in [-0.2, -0.15) is 0 Å². The van der Waals surface area contributed by atoms with Crippen LogP contribution in [0.5, 0.6) is 0 Å². The van der Waals surface area contributed by atoms with E-state index in [2.05, 4.69) is 34.9 Å². The predicted molar refractivity (Wildman–Crippen MR) is 131 cm³/mol. The highest BCUT2D eigenvalue weighted by Crippen LogP contribution is 2.44. The van der Waals surface area contributed by atoms with E-state index in [0.29, 0.717) is 25.2 Å². The molecule has 2 fully saturated rings. The van der Waals surface area contributed by atoms with Crippen LogP contribution in [-0.2, 0) is 14.3 Å². The van der Waals surface area contributed by atoms with Crippen LogP contribution in [0.25, 0.3) is 11.1 Å². The number of alkyl carbamates (subject to hydrolysis) is 1. The Morgan fingerprint density at radius 2 is 1.57 bits per heavy atom. The van der Waals surface area contributed by atoms with Crippen LogP contribution in [0, 0.1) is 11.3 Å². The SMILES string of the molecule is O=C(NCC1(C(=O)N[C@@H](CC2CC2)C(=O)O)CCCC1)OCC1c2ccccc2-c2ccccc21. The highest BCUT2D eigenvalue weighted by Gasteiger charge is 2.43. The Labute approximate surface area is 205 Å². The number of carbonyl (C=O) groups is 3. The summed E-state index contributed by atoms with van der Waals surface area (Å²) < 4.78 is 5.63. The summed E-state index contributed by atoms with van der Waals surface area (Å²) in [7, 11) is 0. The van der Waals surface area contributed by atoms with Crippen molar-refractivity contribution in [1.82, 2.24) is 10.6 Å². The number of carboxylic acid groups (broad SMARTS) is 1. The zero-order chi connectivity index (χ0) is 24.4. The van der Waals surface area contributed by atoms with E-state index in [1.807, 2.05) is 24.3 Å². The number of fused-ring (bicyclic) bond motifs is 3. The van der Waals surface area contributed by atoms with Crippen molar-refractivity contribution in [2.45, 2.75) is 56.9 Å². The third kappa shape index (κ3) is 4.90. The number of carboxylic acids is 1. The number of hydrogen-bond donors (Lipinski definition) is 3. The number of benzene rings is 2. The van der Waals surface area contributed by atoms with Crippen LogP contribution >= 0.6 is 0 Å². The molecule has 0 aromatic heterocycles. The average Bonchev–Trinajstić information content (AvgIpc) is 3.45. The molecule has 0 bridgehead atoms. The Hall–Kier alpha value is -3.35. The van der Waals surface area contributed by atoms with Gasteiger partial charge in [-0.05, 0) is 47.4 Å². The molecule has 1 atom stereocenters. The van der Waals surface area contributed by atoms with Crippen molar-refractivity contribution in [3.05, 3.63) is 59.7 Å². The first-order valence-electron chi connectivity index (χ1n) is 12.6. The molecule has 2 amide bonds. The second-order valence-electron chi connectivity index (χ2n) is 10.2. The average molecular weight is 477 g/mol. The lowest BCUT2D eigenvalue weighted by Crippen LogP contribution is -2.52. The van der Waals surface area contributed by atoms with Crippen LogP contribution in [0.1, 0.15) is 62.0 Å². The first-order chi connectivity index (χ1) is 17.0. The molecular weight excluding hydrogens is 444 g/mol. The van der Waals surface area contributed by atoms with Crippen molar-refractivity contribution in [2.24, 2.45) is 11.3 Å². The molecule has 184 valence electrons. The summed E-state index contributed by atoms with van der Waals surface area (Å²) in [6.45, 7) is 0.354. The van der Waals surface area contributed by atoms with Crippen molar-refractivity contribution < 1.29 is 24.2 Å². The first kappa shape index (κ1) is 23.4. The fourth-order valence-electron chi connectivity index (χ4n) is 5.65. The molecule has 0 radical (unpaired) electrons. The molecule has 2 saturated carbocycles. The summed E-state index contributed by atoms with van der Waals surface area (Å²) in [4.78, 5) is 37.5. The van der Waals surface area contributed by atoms with Gasteiger partial charge in [0.05, 0.1) is 5.41 Å². The maximum Gasteiger partial charge on any atom is 0.407 e. The molecule has 0 heterocycles. The Morgan fingerprint density at radius 1 is 0.971 bits per heavy atom. The molecule has 3 aliphatic rings. The molecule has 7 nitrogen and oxygen atoms in total. The quantitative estimate of drug-likeness (QED) is 0.496. The van der Waals surface area contributed by atoms with Crippen LogP contribution in [-0.4, -0.2) is 42.3 Å². The number of hydrogen-bond acceptors (Lipinski definition) is 4. The smallest absolute Gasteiger partial charge is 0.407 e. The van der Waals surface area contributed by atoms with E-state index in [0.717, 1.165) is 47.9 Å². The molecular formula is C28H32N2O5. The third-order valence-corrected chi connectivity index (χ3v) is 7.83. The van der Waals surface area contributed by atoms with Gasteiger partial charge < -0.3 is 20.5 Å². The highest BCUT2D eigenvalue weighted by molar-refractivity contribution is 5.88. The molecule has 5 rings (SSSR count). The van der Waals surface area contributed by atoms with E-state index >= 15 is 0 Å². The van der Waals surface area contributed by atoms with Gasteiger partial charge in [0.2, 0.25) is 5.91 Å². The summed E-state index contributed by atoms with van der Waals surface area (Å²) in [5.74, 6) is -0.921. The minimum Gasteiger partial charge on any atom is -0.480 e. The van der Waals surface area contributed by atoms with Crippen molar-refractivity contribution in [1.29, 1.82) is 0 Å². The third-order valence-electron chi connectivity index (χ3n) is 7.83. The molecule has 0 aliphatic heterocycles. The number of aliphatic carboxylic acids is 1. The van der Waals surface area contributed by atoms with E-state index in [-0.39, 0.29) is 25.0 Å². The summed E-state index contributed by atoms with van der Waals surface area (Å²) in [5, 5.41) is 15.1. The Bertz CT molecular complexity index is 1070. The van der Waals surface area contributed by atoms with E-state index in [1.165, 1.54) is 0 Å². The Balaban J connectivity index is 1.20. The van der Waals surface area contributed by atoms with Crippen LogP contribution in [0.15, 0.2) is 48.5 Å². The van der Waals surface area contributed by atoms with Gasteiger partial charge in [-0.3, -0.25) is 4.79 Å². The van der Waals surface area contributed by atoms with E-state index in [9.17, 15) is 19.5 Å². The van der Waals surface area contributed by atoms with Crippen molar-refractivity contribution in [3.63, 3.8) is 0 Å². The zero-order valence-electron chi connectivity index (χ0n) is 19.8. The highest BCUT2D eigenvalue weighted by atomic mass is 16.5. The second-order valence-corrected chi connectivity index (χ2v) is 10.2. The number of nitrogens with one attached hydrogen (secondary N) is 2. The number of carbonyl (C=O) groups excluding carboxylic acids is 2. The molecule has 0 spiro atoms. The lowest BCUT2D eigenvalue weighted by atomic mass is 9.84.